The highest BCUT2D eigenvalue weighted by Crippen LogP contribution is 2.14. The van der Waals surface area contributed by atoms with Crippen molar-refractivity contribution >= 4 is 6.09 Å². The first-order valence-electron chi connectivity index (χ1n) is 10.0. The van der Waals surface area contributed by atoms with Crippen LogP contribution in [0, 0.1) is 11.6 Å². The van der Waals surface area contributed by atoms with Gasteiger partial charge in [0.15, 0.2) is 11.6 Å². The van der Waals surface area contributed by atoms with Crippen LogP contribution in [0.2, 0.25) is 0 Å². The van der Waals surface area contributed by atoms with Crippen LogP contribution in [0.25, 0.3) is 0 Å². The number of carbonyl (C=O) groups is 1. The zero-order chi connectivity index (χ0) is 23.0. The van der Waals surface area contributed by atoms with Crippen molar-refractivity contribution in [1.29, 1.82) is 0 Å². The molecule has 8 heteroatoms. The van der Waals surface area contributed by atoms with Gasteiger partial charge in [0.1, 0.15) is 11.4 Å². The summed E-state index contributed by atoms with van der Waals surface area (Å²) >= 11 is 0. The van der Waals surface area contributed by atoms with Crippen LogP contribution in [-0.4, -0.2) is 42.6 Å². The molecule has 0 radical (unpaired) electrons. The number of nitrogens with one attached hydrogen (secondary N) is 2. The van der Waals surface area contributed by atoms with E-state index in [1.165, 1.54) is 6.07 Å². The Morgan fingerprint density at radius 1 is 1.10 bits per heavy atom. The van der Waals surface area contributed by atoms with Crippen LogP contribution >= 0.6 is 0 Å². The lowest BCUT2D eigenvalue weighted by Gasteiger charge is -2.27. The van der Waals surface area contributed by atoms with Crippen LogP contribution in [0.1, 0.15) is 31.9 Å². The molecule has 2 aromatic carbocycles. The Morgan fingerprint density at radius 2 is 1.84 bits per heavy atom. The molecule has 2 atom stereocenters. The molecule has 6 nitrogen and oxygen atoms in total. The minimum atomic E-state index is -1.01. The predicted octanol–water partition coefficient (Wildman–Crippen LogP) is 3.56. The summed E-state index contributed by atoms with van der Waals surface area (Å²) in [6.07, 6.45) is -1.61. The number of hydrogen-bond acceptors (Lipinski definition) is 5. The van der Waals surface area contributed by atoms with Crippen LogP contribution in [0.3, 0.4) is 0 Å². The maximum absolute atomic E-state index is 13.6. The molecule has 0 unspecified atom stereocenters. The SMILES string of the molecule is COc1cccc(CNC[C@@H](O)[C@@H](Cc2ccc(F)c(F)c2)NC(=O)OC(C)(C)C)c1. The summed E-state index contributed by atoms with van der Waals surface area (Å²) in [5.74, 6) is -1.22. The third-order valence-electron chi connectivity index (χ3n) is 4.42. The molecule has 3 N–H and O–H groups in total. The number of amides is 1. The van der Waals surface area contributed by atoms with Crippen molar-refractivity contribution in [3.63, 3.8) is 0 Å². The summed E-state index contributed by atoms with van der Waals surface area (Å²) in [5, 5.41) is 16.5. The van der Waals surface area contributed by atoms with Crippen LogP contribution in [-0.2, 0) is 17.7 Å². The van der Waals surface area contributed by atoms with Crippen molar-refractivity contribution in [1.82, 2.24) is 10.6 Å². The lowest BCUT2D eigenvalue weighted by atomic mass is 10.0. The van der Waals surface area contributed by atoms with E-state index in [0.29, 0.717) is 12.1 Å². The van der Waals surface area contributed by atoms with E-state index in [1.54, 1.807) is 27.9 Å². The van der Waals surface area contributed by atoms with Crippen molar-refractivity contribution < 1.29 is 28.2 Å². The van der Waals surface area contributed by atoms with Crippen LogP contribution in [0.4, 0.5) is 13.6 Å². The number of alkyl carbamates (subject to hydrolysis) is 1. The van der Waals surface area contributed by atoms with E-state index in [-0.39, 0.29) is 13.0 Å². The molecule has 170 valence electrons. The summed E-state index contributed by atoms with van der Waals surface area (Å²) < 4.78 is 37.3. The minimum Gasteiger partial charge on any atom is -0.497 e. The van der Waals surface area contributed by atoms with Crippen LogP contribution in [0.5, 0.6) is 5.75 Å². The number of methoxy groups -OCH3 is 1. The fourth-order valence-corrected chi connectivity index (χ4v) is 2.95. The van der Waals surface area contributed by atoms with Gasteiger partial charge in [-0.3, -0.25) is 0 Å². The quantitative estimate of drug-likeness (QED) is 0.560. The van der Waals surface area contributed by atoms with Crippen molar-refractivity contribution in [3.05, 3.63) is 65.2 Å². The monoisotopic (exact) mass is 436 g/mol. The molecule has 0 aliphatic rings. The molecule has 0 bridgehead atoms. The van der Waals surface area contributed by atoms with E-state index in [9.17, 15) is 18.7 Å². The summed E-state index contributed by atoms with van der Waals surface area (Å²) in [4.78, 5) is 12.2. The van der Waals surface area contributed by atoms with Crippen molar-refractivity contribution in [2.75, 3.05) is 13.7 Å². The van der Waals surface area contributed by atoms with E-state index >= 15 is 0 Å². The number of benzene rings is 2. The molecule has 0 aliphatic carbocycles. The van der Waals surface area contributed by atoms with E-state index in [1.807, 2.05) is 24.3 Å². The molecule has 0 aromatic heterocycles. The molecule has 1 amide bonds. The Hall–Kier alpha value is -2.71. The van der Waals surface area contributed by atoms with Gasteiger partial charge in [0.2, 0.25) is 0 Å². The molecule has 0 saturated heterocycles. The largest absolute Gasteiger partial charge is 0.497 e. The maximum Gasteiger partial charge on any atom is 0.407 e. The zero-order valence-corrected chi connectivity index (χ0v) is 18.2. The summed E-state index contributed by atoms with van der Waals surface area (Å²) in [5.41, 5.74) is 0.683. The molecule has 0 aliphatic heterocycles. The number of ether oxygens (including phenoxy) is 2. The van der Waals surface area contributed by atoms with Gasteiger partial charge in [-0.15, -0.1) is 0 Å². The van der Waals surface area contributed by atoms with E-state index in [4.69, 9.17) is 9.47 Å². The minimum absolute atomic E-state index is 0.0957. The van der Waals surface area contributed by atoms with Gasteiger partial charge in [0.05, 0.1) is 19.3 Å². The fourth-order valence-electron chi connectivity index (χ4n) is 2.95. The number of carbonyl (C=O) groups excluding carboxylic acids is 1. The lowest BCUT2D eigenvalue weighted by Crippen LogP contribution is -2.49. The molecule has 0 heterocycles. The number of halogens is 2. The Morgan fingerprint density at radius 3 is 2.48 bits per heavy atom. The molecule has 0 saturated carbocycles. The average Bonchev–Trinajstić information content (AvgIpc) is 2.69. The van der Waals surface area contributed by atoms with Crippen LogP contribution < -0.4 is 15.4 Å². The molecule has 0 spiro atoms. The van der Waals surface area contributed by atoms with Gasteiger partial charge in [-0.2, -0.15) is 0 Å². The van der Waals surface area contributed by atoms with E-state index in [0.717, 1.165) is 23.4 Å². The maximum atomic E-state index is 13.6. The Bertz CT molecular complexity index is 871. The Kier molecular flexibility index (Phi) is 8.76. The second-order valence-corrected chi connectivity index (χ2v) is 8.26. The summed E-state index contributed by atoms with van der Waals surface area (Å²) in [6.45, 7) is 5.80. The highest BCUT2D eigenvalue weighted by Gasteiger charge is 2.25. The summed E-state index contributed by atoms with van der Waals surface area (Å²) in [6, 6.07) is 10.2. The van der Waals surface area contributed by atoms with Gasteiger partial charge in [0, 0.05) is 13.1 Å². The number of aliphatic hydroxyl groups is 1. The second-order valence-electron chi connectivity index (χ2n) is 8.26. The topological polar surface area (TPSA) is 79.8 Å². The highest BCUT2D eigenvalue weighted by atomic mass is 19.2. The molecular weight excluding hydrogens is 406 g/mol. The van der Waals surface area contributed by atoms with E-state index < -0.39 is 35.5 Å². The molecule has 0 fully saturated rings. The third kappa shape index (κ3) is 8.51. The fraction of sp³-hybridized carbons (Fsp3) is 0.435. The van der Waals surface area contributed by atoms with Gasteiger partial charge in [0.25, 0.3) is 0 Å². The van der Waals surface area contributed by atoms with Crippen molar-refractivity contribution in [2.24, 2.45) is 0 Å². The van der Waals surface area contributed by atoms with Gasteiger partial charge in [-0.05, 0) is 62.6 Å². The second kappa shape index (κ2) is 11.1. The average molecular weight is 436 g/mol. The molecule has 2 aromatic rings. The predicted molar refractivity (Wildman–Crippen MR) is 114 cm³/mol. The number of rotatable bonds is 9. The van der Waals surface area contributed by atoms with Gasteiger partial charge in [-0.25, -0.2) is 13.6 Å². The summed E-state index contributed by atoms with van der Waals surface area (Å²) in [7, 11) is 1.58. The van der Waals surface area contributed by atoms with Crippen LogP contribution in [0.15, 0.2) is 42.5 Å². The first-order valence-corrected chi connectivity index (χ1v) is 10.0. The first kappa shape index (κ1) is 24.6. The molecule has 2 rings (SSSR count). The highest BCUT2D eigenvalue weighted by molar-refractivity contribution is 5.68. The smallest absolute Gasteiger partial charge is 0.407 e. The Labute approximate surface area is 181 Å². The molecular formula is C23H30F2N2O4. The zero-order valence-electron chi connectivity index (χ0n) is 18.2. The van der Waals surface area contributed by atoms with Gasteiger partial charge in [-0.1, -0.05) is 18.2 Å². The first-order chi connectivity index (χ1) is 14.6. The van der Waals surface area contributed by atoms with E-state index in [2.05, 4.69) is 10.6 Å². The third-order valence-corrected chi connectivity index (χ3v) is 4.42. The van der Waals surface area contributed by atoms with Crippen molar-refractivity contribution in [2.45, 2.75) is 51.5 Å². The van der Waals surface area contributed by atoms with Gasteiger partial charge >= 0.3 is 6.09 Å². The standard InChI is InChI=1S/C23H30F2N2O4/c1-23(2,3)31-22(29)27-20(12-15-8-9-18(24)19(25)11-15)21(28)14-26-13-16-6-5-7-17(10-16)30-4/h5-11,20-21,26,28H,12-14H2,1-4H3,(H,27,29)/t20-,21-/m1/s1. The molecule has 31 heavy (non-hydrogen) atoms. The Balaban J connectivity index is 2.04. The normalized spacial score (nSPS) is 13.4. The number of hydrogen-bond donors (Lipinski definition) is 3. The van der Waals surface area contributed by atoms with Crippen molar-refractivity contribution in [3.8, 4) is 5.75 Å². The lowest BCUT2D eigenvalue weighted by molar-refractivity contribution is 0.0422. The number of aliphatic hydroxyl groups excluding tert-OH is 1. The van der Waals surface area contributed by atoms with Gasteiger partial charge < -0.3 is 25.2 Å².